The monoisotopic (exact) mass is 230 g/mol. The molecule has 15 heavy (non-hydrogen) atoms. The van der Waals surface area contributed by atoms with Crippen LogP contribution >= 0.6 is 11.8 Å². The highest BCUT2D eigenvalue weighted by molar-refractivity contribution is 7.99. The Hall–Kier alpha value is -0.220. The summed E-state index contributed by atoms with van der Waals surface area (Å²) >= 11 is 1.95. The topological polar surface area (TPSA) is 32.3 Å². The summed E-state index contributed by atoms with van der Waals surface area (Å²) in [5, 5.41) is 3.22. The molecule has 1 saturated heterocycles. The quantitative estimate of drug-likeness (QED) is 0.770. The second-order valence-corrected chi connectivity index (χ2v) is 5.33. The Balaban J connectivity index is 2.36. The molecule has 1 N–H and O–H groups in total. The lowest BCUT2D eigenvalue weighted by Gasteiger charge is -2.26. The molecule has 1 fully saturated rings. The summed E-state index contributed by atoms with van der Waals surface area (Å²) in [5.41, 5.74) is 0. The SMILES string of the molecule is CCNCC(C)C(=O)N(C)C1CCSC1. The first-order valence-corrected chi connectivity index (χ1v) is 6.87. The van der Waals surface area contributed by atoms with Gasteiger partial charge in [-0.25, -0.2) is 0 Å². The van der Waals surface area contributed by atoms with E-state index in [0.717, 1.165) is 25.3 Å². The second-order valence-electron chi connectivity index (χ2n) is 4.18. The maximum atomic E-state index is 12.0. The number of thioether (sulfide) groups is 1. The van der Waals surface area contributed by atoms with Gasteiger partial charge >= 0.3 is 0 Å². The molecule has 1 aliphatic heterocycles. The summed E-state index contributed by atoms with van der Waals surface area (Å²) in [5.74, 6) is 2.68. The summed E-state index contributed by atoms with van der Waals surface area (Å²) in [4.78, 5) is 14.0. The lowest BCUT2D eigenvalue weighted by atomic mass is 10.1. The highest BCUT2D eigenvalue weighted by atomic mass is 32.2. The van der Waals surface area contributed by atoms with Gasteiger partial charge in [-0.05, 0) is 18.7 Å². The molecule has 88 valence electrons. The predicted octanol–water partition coefficient (Wildman–Crippen LogP) is 1.20. The standard InChI is InChI=1S/C11H22N2OS/c1-4-12-7-9(2)11(14)13(3)10-5-6-15-8-10/h9-10,12H,4-8H2,1-3H3. The molecule has 0 spiro atoms. The van der Waals surface area contributed by atoms with E-state index >= 15 is 0 Å². The van der Waals surface area contributed by atoms with Crippen molar-refractivity contribution in [3.63, 3.8) is 0 Å². The van der Waals surface area contributed by atoms with Crippen LogP contribution in [0.25, 0.3) is 0 Å². The van der Waals surface area contributed by atoms with E-state index in [4.69, 9.17) is 0 Å². The van der Waals surface area contributed by atoms with Gasteiger partial charge in [-0.15, -0.1) is 0 Å². The van der Waals surface area contributed by atoms with Crippen LogP contribution in [0.4, 0.5) is 0 Å². The highest BCUT2D eigenvalue weighted by Gasteiger charge is 2.26. The van der Waals surface area contributed by atoms with Crippen molar-refractivity contribution < 1.29 is 4.79 Å². The van der Waals surface area contributed by atoms with Crippen molar-refractivity contribution in [1.29, 1.82) is 0 Å². The summed E-state index contributed by atoms with van der Waals surface area (Å²) in [7, 11) is 1.95. The maximum Gasteiger partial charge on any atom is 0.226 e. The summed E-state index contributed by atoms with van der Waals surface area (Å²) in [6.45, 7) is 5.79. The number of rotatable bonds is 5. The predicted molar refractivity (Wildman–Crippen MR) is 66.2 cm³/mol. The molecule has 0 aromatic rings. The smallest absolute Gasteiger partial charge is 0.226 e. The van der Waals surface area contributed by atoms with Crippen molar-refractivity contribution in [1.82, 2.24) is 10.2 Å². The number of amides is 1. The lowest BCUT2D eigenvalue weighted by molar-refractivity contribution is -0.135. The molecule has 1 amide bonds. The minimum atomic E-state index is 0.0977. The van der Waals surface area contributed by atoms with E-state index in [2.05, 4.69) is 12.2 Å². The fraction of sp³-hybridized carbons (Fsp3) is 0.909. The first-order chi connectivity index (χ1) is 7.16. The van der Waals surface area contributed by atoms with Crippen molar-refractivity contribution in [2.75, 3.05) is 31.6 Å². The molecule has 4 heteroatoms. The molecule has 2 unspecified atom stereocenters. The molecule has 1 heterocycles. The molecule has 1 rings (SSSR count). The first kappa shape index (κ1) is 12.8. The van der Waals surface area contributed by atoms with E-state index in [1.807, 2.05) is 30.6 Å². The van der Waals surface area contributed by atoms with Crippen LogP contribution in [0.3, 0.4) is 0 Å². The lowest BCUT2D eigenvalue weighted by Crippen LogP contribution is -2.42. The molecule has 3 nitrogen and oxygen atoms in total. The van der Waals surface area contributed by atoms with Crippen LogP contribution in [0.1, 0.15) is 20.3 Å². The minimum Gasteiger partial charge on any atom is -0.342 e. The van der Waals surface area contributed by atoms with Crippen LogP contribution in [0.15, 0.2) is 0 Å². The van der Waals surface area contributed by atoms with E-state index in [-0.39, 0.29) is 11.8 Å². The zero-order valence-corrected chi connectivity index (χ0v) is 10.8. The minimum absolute atomic E-state index is 0.0977. The summed E-state index contributed by atoms with van der Waals surface area (Å²) in [6.07, 6.45) is 1.15. The number of hydrogen-bond donors (Lipinski definition) is 1. The van der Waals surface area contributed by atoms with Gasteiger partial charge in [-0.3, -0.25) is 4.79 Å². The molecule has 1 aliphatic rings. The largest absolute Gasteiger partial charge is 0.342 e. The van der Waals surface area contributed by atoms with Gasteiger partial charge in [0.15, 0.2) is 0 Å². The Bertz CT molecular complexity index is 205. The zero-order valence-electron chi connectivity index (χ0n) is 9.95. The zero-order chi connectivity index (χ0) is 11.3. The third-order valence-electron chi connectivity index (χ3n) is 2.92. The molecule has 0 aromatic heterocycles. The molecule has 0 radical (unpaired) electrons. The van der Waals surface area contributed by atoms with Gasteiger partial charge in [-0.2, -0.15) is 11.8 Å². The molecule has 0 aromatic carbocycles. The molecular formula is C11H22N2OS. The summed E-state index contributed by atoms with van der Waals surface area (Å²) < 4.78 is 0. The van der Waals surface area contributed by atoms with Crippen LogP contribution in [-0.4, -0.2) is 48.5 Å². The molecule has 0 saturated carbocycles. The van der Waals surface area contributed by atoms with Gasteiger partial charge in [0.25, 0.3) is 0 Å². The van der Waals surface area contributed by atoms with Crippen LogP contribution in [0.5, 0.6) is 0 Å². The normalized spacial score (nSPS) is 22.7. The Morgan fingerprint density at radius 1 is 1.67 bits per heavy atom. The van der Waals surface area contributed by atoms with Gasteiger partial charge in [-0.1, -0.05) is 13.8 Å². The van der Waals surface area contributed by atoms with Gasteiger partial charge in [0.05, 0.1) is 0 Å². The van der Waals surface area contributed by atoms with Gasteiger partial charge in [0, 0.05) is 31.3 Å². The van der Waals surface area contributed by atoms with Crippen LogP contribution in [0.2, 0.25) is 0 Å². The average molecular weight is 230 g/mol. The Labute approximate surface area is 97.0 Å². The molecule has 2 atom stereocenters. The molecule has 0 aliphatic carbocycles. The third kappa shape index (κ3) is 3.68. The number of nitrogens with one attached hydrogen (secondary N) is 1. The fourth-order valence-electron chi connectivity index (χ4n) is 1.80. The Morgan fingerprint density at radius 2 is 2.40 bits per heavy atom. The fourth-order valence-corrected chi connectivity index (χ4v) is 3.07. The van der Waals surface area contributed by atoms with E-state index < -0.39 is 0 Å². The second kappa shape index (κ2) is 6.38. The Morgan fingerprint density at radius 3 is 2.93 bits per heavy atom. The van der Waals surface area contributed by atoms with E-state index in [9.17, 15) is 4.79 Å². The number of hydrogen-bond acceptors (Lipinski definition) is 3. The maximum absolute atomic E-state index is 12.0. The van der Waals surface area contributed by atoms with E-state index in [1.54, 1.807) is 0 Å². The number of carbonyl (C=O) groups excluding carboxylic acids is 1. The first-order valence-electron chi connectivity index (χ1n) is 5.72. The van der Waals surface area contributed by atoms with Crippen molar-refractivity contribution in [2.24, 2.45) is 5.92 Å². The highest BCUT2D eigenvalue weighted by Crippen LogP contribution is 2.22. The van der Waals surface area contributed by atoms with Crippen molar-refractivity contribution in [3.8, 4) is 0 Å². The Kier molecular flexibility index (Phi) is 5.47. The van der Waals surface area contributed by atoms with Crippen molar-refractivity contribution >= 4 is 17.7 Å². The van der Waals surface area contributed by atoms with Crippen molar-refractivity contribution in [2.45, 2.75) is 26.3 Å². The van der Waals surface area contributed by atoms with Gasteiger partial charge < -0.3 is 10.2 Å². The van der Waals surface area contributed by atoms with E-state index in [0.29, 0.717) is 6.04 Å². The molecule has 0 bridgehead atoms. The average Bonchev–Trinajstić information content (AvgIpc) is 2.77. The number of nitrogens with zero attached hydrogens (tertiary/aromatic N) is 1. The third-order valence-corrected chi connectivity index (χ3v) is 4.07. The number of carbonyl (C=O) groups is 1. The van der Waals surface area contributed by atoms with Crippen molar-refractivity contribution in [3.05, 3.63) is 0 Å². The van der Waals surface area contributed by atoms with Gasteiger partial charge in [0.1, 0.15) is 0 Å². The molecular weight excluding hydrogens is 208 g/mol. The van der Waals surface area contributed by atoms with Crippen LogP contribution in [-0.2, 0) is 4.79 Å². The summed E-state index contributed by atoms with van der Waals surface area (Å²) in [6, 6.07) is 0.464. The van der Waals surface area contributed by atoms with Crippen LogP contribution < -0.4 is 5.32 Å². The van der Waals surface area contributed by atoms with E-state index in [1.165, 1.54) is 5.75 Å². The van der Waals surface area contributed by atoms with Gasteiger partial charge in [0.2, 0.25) is 5.91 Å². The van der Waals surface area contributed by atoms with Crippen LogP contribution in [0, 0.1) is 5.92 Å².